The molecule has 0 unspecified atom stereocenters. The van der Waals surface area contributed by atoms with Crippen molar-refractivity contribution in [2.24, 2.45) is 0 Å². The van der Waals surface area contributed by atoms with Crippen LogP contribution in [0.15, 0.2) is 0 Å². The zero-order chi connectivity index (χ0) is 6.57. The zero-order valence-electron chi connectivity index (χ0n) is 4.85. The summed E-state index contributed by atoms with van der Waals surface area (Å²) in [6, 6.07) is 0. The molecule has 0 atom stereocenters. The Bertz CT molecular complexity index is 86.1. The predicted octanol–water partition coefficient (Wildman–Crippen LogP) is 0.441. The van der Waals surface area contributed by atoms with Crippen molar-refractivity contribution in [2.75, 3.05) is 18.6 Å². The van der Waals surface area contributed by atoms with Crippen molar-refractivity contribution in [2.45, 2.75) is 0 Å². The van der Waals surface area contributed by atoms with Crippen molar-refractivity contribution < 1.29 is 9.63 Å². The van der Waals surface area contributed by atoms with Crippen LogP contribution in [0, 0.1) is 0 Å². The SMILES string of the molecule is CON(C)C(=O)CI. The maximum Gasteiger partial charge on any atom is 0.255 e. The molecule has 0 rings (SSSR count). The molecule has 0 aromatic rings. The number of hydrogen-bond donors (Lipinski definition) is 0. The van der Waals surface area contributed by atoms with Gasteiger partial charge in [0.05, 0.1) is 11.5 Å². The van der Waals surface area contributed by atoms with E-state index in [1.54, 1.807) is 7.05 Å². The quantitative estimate of drug-likeness (QED) is 0.390. The van der Waals surface area contributed by atoms with Crippen LogP contribution in [0.2, 0.25) is 0 Å². The van der Waals surface area contributed by atoms with E-state index in [9.17, 15) is 4.79 Å². The van der Waals surface area contributed by atoms with Crippen molar-refractivity contribution in [3.63, 3.8) is 0 Å². The van der Waals surface area contributed by atoms with Crippen LogP contribution in [0.25, 0.3) is 0 Å². The molecular formula is C4H8INO2. The minimum atomic E-state index is -0.0203. The summed E-state index contributed by atoms with van der Waals surface area (Å²) in [4.78, 5) is 15.1. The number of hydroxylamine groups is 2. The van der Waals surface area contributed by atoms with Gasteiger partial charge in [0.15, 0.2) is 0 Å². The minimum Gasteiger partial charge on any atom is -0.275 e. The smallest absolute Gasteiger partial charge is 0.255 e. The number of carbonyl (C=O) groups is 1. The zero-order valence-corrected chi connectivity index (χ0v) is 7.01. The van der Waals surface area contributed by atoms with Crippen LogP contribution < -0.4 is 0 Å². The van der Waals surface area contributed by atoms with E-state index >= 15 is 0 Å². The Morgan fingerprint density at radius 2 is 2.38 bits per heavy atom. The standard InChI is InChI=1S/C4H8INO2/c1-6(8-2)4(7)3-5/h3H2,1-2H3. The molecular weight excluding hydrogens is 221 g/mol. The average molecular weight is 229 g/mol. The highest BCUT2D eigenvalue weighted by Gasteiger charge is 2.02. The first-order valence-corrected chi connectivity index (χ1v) is 3.61. The summed E-state index contributed by atoms with van der Waals surface area (Å²) in [5.74, 6) is -0.0203. The Kier molecular flexibility index (Phi) is 4.16. The van der Waals surface area contributed by atoms with E-state index in [0.29, 0.717) is 4.43 Å². The Morgan fingerprint density at radius 1 is 1.88 bits per heavy atom. The van der Waals surface area contributed by atoms with Crippen LogP contribution in [0.3, 0.4) is 0 Å². The molecule has 0 aliphatic carbocycles. The molecule has 0 spiro atoms. The van der Waals surface area contributed by atoms with Gasteiger partial charge in [-0.3, -0.25) is 9.63 Å². The summed E-state index contributed by atoms with van der Waals surface area (Å²) < 4.78 is 0.460. The molecule has 0 bridgehead atoms. The molecule has 4 heteroatoms. The van der Waals surface area contributed by atoms with Crippen molar-refractivity contribution in [3.8, 4) is 0 Å². The lowest BCUT2D eigenvalue weighted by Gasteiger charge is -2.10. The molecule has 1 amide bonds. The second kappa shape index (κ2) is 4.08. The summed E-state index contributed by atoms with van der Waals surface area (Å²) in [7, 11) is 3.05. The summed E-state index contributed by atoms with van der Waals surface area (Å²) in [6.45, 7) is 0. The predicted molar refractivity (Wildman–Crippen MR) is 38.7 cm³/mol. The number of alkyl halides is 1. The maximum atomic E-state index is 10.5. The minimum absolute atomic E-state index is 0.0203. The van der Waals surface area contributed by atoms with Gasteiger partial charge in [-0.25, -0.2) is 5.06 Å². The Morgan fingerprint density at radius 3 is 2.50 bits per heavy atom. The van der Waals surface area contributed by atoms with E-state index in [2.05, 4.69) is 4.84 Å². The molecule has 0 N–H and O–H groups in total. The van der Waals surface area contributed by atoms with Gasteiger partial charge in [0.2, 0.25) is 0 Å². The Hall–Kier alpha value is 0.160. The molecule has 0 fully saturated rings. The van der Waals surface area contributed by atoms with Crippen molar-refractivity contribution in [1.82, 2.24) is 5.06 Å². The van der Waals surface area contributed by atoms with E-state index in [4.69, 9.17) is 0 Å². The molecule has 0 radical (unpaired) electrons. The maximum absolute atomic E-state index is 10.5. The van der Waals surface area contributed by atoms with Gasteiger partial charge < -0.3 is 0 Å². The third-order valence-electron chi connectivity index (χ3n) is 0.739. The van der Waals surface area contributed by atoms with Crippen molar-refractivity contribution in [1.29, 1.82) is 0 Å². The van der Waals surface area contributed by atoms with Gasteiger partial charge >= 0.3 is 0 Å². The summed E-state index contributed by atoms with van der Waals surface area (Å²) in [5, 5.41) is 1.20. The third-order valence-corrected chi connectivity index (χ3v) is 1.39. The van der Waals surface area contributed by atoms with Gasteiger partial charge in [-0.2, -0.15) is 0 Å². The largest absolute Gasteiger partial charge is 0.275 e. The van der Waals surface area contributed by atoms with Crippen LogP contribution >= 0.6 is 22.6 Å². The fourth-order valence-corrected chi connectivity index (χ4v) is 0.666. The molecule has 0 saturated heterocycles. The van der Waals surface area contributed by atoms with E-state index in [0.717, 1.165) is 0 Å². The number of carbonyl (C=O) groups excluding carboxylic acids is 1. The van der Waals surface area contributed by atoms with Crippen LogP contribution in [-0.4, -0.2) is 29.6 Å². The fourth-order valence-electron chi connectivity index (χ4n) is 0.186. The van der Waals surface area contributed by atoms with E-state index in [1.807, 2.05) is 22.6 Å². The van der Waals surface area contributed by atoms with Crippen LogP contribution in [0.1, 0.15) is 0 Å². The monoisotopic (exact) mass is 229 g/mol. The average Bonchev–Trinajstić information content (AvgIpc) is 1.84. The van der Waals surface area contributed by atoms with Crippen LogP contribution in [0.5, 0.6) is 0 Å². The van der Waals surface area contributed by atoms with Crippen molar-refractivity contribution in [3.05, 3.63) is 0 Å². The first-order valence-electron chi connectivity index (χ1n) is 2.09. The third kappa shape index (κ3) is 2.46. The molecule has 8 heavy (non-hydrogen) atoms. The fraction of sp³-hybridized carbons (Fsp3) is 0.750. The van der Waals surface area contributed by atoms with Gasteiger partial charge in [0.1, 0.15) is 0 Å². The van der Waals surface area contributed by atoms with Gasteiger partial charge in [0, 0.05) is 7.05 Å². The van der Waals surface area contributed by atoms with Crippen LogP contribution in [-0.2, 0) is 9.63 Å². The first kappa shape index (κ1) is 8.16. The normalized spacial score (nSPS) is 8.88. The molecule has 0 aromatic heterocycles. The second-order valence-electron chi connectivity index (χ2n) is 1.21. The highest BCUT2D eigenvalue weighted by molar-refractivity contribution is 14.1. The number of halogens is 1. The summed E-state index contributed by atoms with van der Waals surface area (Å²) in [5.41, 5.74) is 0. The van der Waals surface area contributed by atoms with Gasteiger partial charge in [-0.05, 0) is 0 Å². The van der Waals surface area contributed by atoms with E-state index in [1.165, 1.54) is 12.2 Å². The molecule has 0 heterocycles. The van der Waals surface area contributed by atoms with Gasteiger partial charge in [-0.1, -0.05) is 22.6 Å². The summed E-state index contributed by atoms with van der Waals surface area (Å²) in [6.07, 6.45) is 0. The van der Waals surface area contributed by atoms with E-state index in [-0.39, 0.29) is 5.91 Å². The molecule has 0 aliphatic heterocycles. The Labute approximate surface area is 62.1 Å². The van der Waals surface area contributed by atoms with Gasteiger partial charge in [-0.15, -0.1) is 0 Å². The molecule has 0 aromatic carbocycles. The highest BCUT2D eigenvalue weighted by atomic mass is 127. The lowest BCUT2D eigenvalue weighted by Crippen LogP contribution is -2.25. The number of nitrogens with zero attached hydrogens (tertiary/aromatic N) is 1. The number of hydrogen-bond acceptors (Lipinski definition) is 2. The molecule has 0 aliphatic rings. The molecule has 48 valence electrons. The number of rotatable bonds is 2. The van der Waals surface area contributed by atoms with E-state index < -0.39 is 0 Å². The lowest BCUT2D eigenvalue weighted by atomic mass is 10.7. The second-order valence-corrected chi connectivity index (χ2v) is 1.97. The molecule has 0 saturated carbocycles. The lowest BCUT2D eigenvalue weighted by molar-refractivity contribution is -0.165. The summed E-state index contributed by atoms with van der Waals surface area (Å²) >= 11 is 1.98. The Balaban J connectivity index is 3.46. The number of amides is 1. The van der Waals surface area contributed by atoms with Gasteiger partial charge in [0.25, 0.3) is 5.91 Å². The van der Waals surface area contributed by atoms with Crippen molar-refractivity contribution >= 4 is 28.5 Å². The highest BCUT2D eigenvalue weighted by Crippen LogP contribution is 1.88. The van der Waals surface area contributed by atoms with Crippen LogP contribution in [0.4, 0.5) is 0 Å². The molecule has 3 nitrogen and oxygen atoms in total. The topological polar surface area (TPSA) is 29.5 Å². The first-order chi connectivity index (χ1) is 3.72.